The zero-order chi connectivity index (χ0) is 20.4. The molecule has 0 fully saturated rings. The Hall–Kier alpha value is -3.22. The monoisotopic (exact) mass is 386 g/mol. The maximum Gasteiger partial charge on any atom is 0.229 e. The van der Waals surface area contributed by atoms with E-state index in [1.807, 2.05) is 42.5 Å². The first-order valence-corrected chi connectivity index (χ1v) is 8.93. The topological polar surface area (TPSA) is 85.9 Å². The normalized spacial score (nSPS) is 10.1. The Morgan fingerprint density at radius 3 is 2.07 bits per heavy atom. The Morgan fingerprint density at radius 1 is 0.786 bits per heavy atom. The number of ether oxygens (including phenoxy) is 3. The second-order valence-corrected chi connectivity index (χ2v) is 6.09. The van der Waals surface area contributed by atoms with Crippen molar-refractivity contribution in [1.82, 2.24) is 10.6 Å². The molecular formula is C21H26N2O5. The zero-order valence-electron chi connectivity index (χ0n) is 16.4. The van der Waals surface area contributed by atoms with E-state index in [2.05, 4.69) is 10.6 Å². The average molecular weight is 386 g/mol. The summed E-state index contributed by atoms with van der Waals surface area (Å²) in [5, 5.41) is 5.49. The number of carbonyl (C=O) groups is 2. The molecule has 150 valence electrons. The number of hydrogen-bond acceptors (Lipinski definition) is 5. The van der Waals surface area contributed by atoms with Crippen LogP contribution in [0, 0.1) is 0 Å². The number of carbonyl (C=O) groups excluding carboxylic acids is 2. The summed E-state index contributed by atoms with van der Waals surface area (Å²) in [6.45, 7) is 0.793. The van der Waals surface area contributed by atoms with E-state index in [0.717, 1.165) is 16.9 Å². The first kappa shape index (κ1) is 21.1. The van der Waals surface area contributed by atoms with Gasteiger partial charge in [-0.2, -0.15) is 0 Å². The van der Waals surface area contributed by atoms with Crippen LogP contribution in [0.25, 0.3) is 0 Å². The van der Waals surface area contributed by atoms with Crippen LogP contribution >= 0.6 is 0 Å². The van der Waals surface area contributed by atoms with Crippen molar-refractivity contribution >= 4 is 11.8 Å². The third kappa shape index (κ3) is 6.50. The molecule has 0 spiro atoms. The summed E-state index contributed by atoms with van der Waals surface area (Å²) in [7, 11) is 4.76. The van der Waals surface area contributed by atoms with E-state index >= 15 is 0 Å². The van der Waals surface area contributed by atoms with Crippen molar-refractivity contribution in [3.05, 3.63) is 53.6 Å². The molecule has 0 saturated carbocycles. The second kappa shape index (κ2) is 10.8. The van der Waals surface area contributed by atoms with Crippen LogP contribution in [0.5, 0.6) is 17.2 Å². The van der Waals surface area contributed by atoms with Gasteiger partial charge in [-0.1, -0.05) is 18.2 Å². The van der Waals surface area contributed by atoms with Gasteiger partial charge in [0.2, 0.25) is 11.8 Å². The molecule has 2 aromatic rings. The van der Waals surface area contributed by atoms with Crippen LogP contribution in [0.15, 0.2) is 42.5 Å². The molecule has 2 N–H and O–H groups in total. The highest BCUT2D eigenvalue weighted by Crippen LogP contribution is 2.27. The quantitative estimate of drug-likeness (QED) is 0.611. The lowest BCUT2D eigenvalue weighted by atomic mass is 10.1. The molecule has 7 nitrogen and oxygen atoms in total. The number of nitrogens with one attached hydrogen (secondary N) is 2. The Kier molecular flexibility index (Phi) is 8.14. The molecule has 2 amide bonds. The van der Waals surface area contributed by atoms with Gasteiger partial charge in [-0.3, -0.25) is 9.59 Å². The first-order chi connectivity index (χ1) is 13.5. The minimum Gasteiger partial charge on any atom is -0.497 e. The highest BCUT2D eigenvalue weighted by Gasteiger charge is 2.09. The molecule has 0 bridgehead atoms. The van der Waals surface area contributed by atoms with Crippen molar-refractivity contribution in [2.24, 2.45) is 0 Å². The lowest BCUT2D eigenvalue weighted by Gasteiger charge is -2.10. The van der Waals surface area contributed by atoms with Crippen LogP contribution in [0.4, 0.5) is 0 Å². The van der Waals surface area contributed by atoms with Gasteiger partial charge in [0, 0.05) is 13.1 Å². The van der Waals surface area contributed by atoms with Gasteiger partial charge in [0.15, 0.2) is 11.5 Å². The van der Waals surface area contributed by atoms with E-state index in [1.54, 1.807) is 21.3 Å². The first-order valence-electron chi connectivity index (χ1n) is 8.93. The van der Waals surface area contributed by atoms with Gasteiger partial charge in [0.05, 0.1) is 21.3 Å². The Morgan fingerprint density at radius 2 is 1.43 bits per heavy atom. The minimum atomic E-state index is -0.320. The smallest absolute Gasteiger partial charge is 0.229 e. The predicted octanol–water partition coefficient (Wildman–Crippen LogP) is 2.08. The number of methoxy groups -OCH3 is 3. The molecule has 0 radical (unpaired) electrons. The maximum absolute atomic E-state index is 11.9. The van der Waals surface area contributed by atoms with Crippen LogP contribution < -0.4 is 24.8 Å². The van der Waals surface area contributed by atoms with Gasteiger partial charge in [0.1, 0.15) is 12.2 Å². The highest BCUT2D eigenvalue weighted by atomic mass is 16.5. The molecule has 0 heterocycles. The molecule has 0 unspecified atom stereocenters. The Bertz CT molecular complexity index is 790. The summed E-state index contributed by atoms with van der Waals surface area (Å²) in [5.41, 5.74) is 1.94. The number of benzene rings is 2. The second-order valence-electron chi connectivity index (χ2n) is 6.09. The molecule has 28 heavy (non-hydrogen) atoms. The average Bonchev–Trinajstić information content (AvgIpc) is 2.72. The highest BCUT2D eigenvalue weighted by molar-refractivity contribution is 5.96. The van der Waals surface area contributed by atoms with Gasteiger partial charge in [-0.15, -0.1) is 0 Å². The predicted molar refractivity (Wildman–Crippen MR) is 106 cm³/mol. The number of amides is 2. The fourth-order valence-corrected chi connectivity index (χ4v) is 2.60. The summed E-state index contributed by atoms with van der Waals surface area (Å²) in [6, 6.07) is 13.0. The summed E-state index contributed by atoms with van der Waals surface area (Å²) in [4.78, 5) is 23.8. The van der Waals surface area contributed by atoms with Gasteiger partial charge >= 0.3 is 0 Å². The van der Waals surface area contributed by atoms with Crippen LogP contribution in [0.3, 0.4) is 0 Å². The van der Waals surface area contributed by atoms with Gasteiger partial charge < -0.3 is 24.8 Å². The van der Waals surface area contributed by atoms with Crippen molar-refractivity contribution in [2.75, 3.05) is 27.9 Å². The fraction of sp³-hybridized carbons (Fsp3) is 0.333. The SMILES string of the molecule is COc1ccc(CNC(=O)CC(=O)NCCc2ccc(OC)c(OC)c2)cc1. The summed E-state index contributed by atoms with van der Waals surface area (Å²) in [5.74, 6) is 1.42. The van der Waals surface area contributed by atoms with Crippen molar-refractivity contribution in [2.45, 2.75) is 19.4 Å². The van der Waals surface area contributed by atoms with E-state index in [-0.39, 0.29) is 18.2 Å². The van der Waals surface area contributed by atoms with Crippen molar-refractivity contribution in [1.29, 1.82) is 0 Å². The summed E-state index contributed by atoms with van der Waals surface area (Å²) in [6.07, 6.45) is 0.418. The van der Waals surface area contributed by atoms with Gasteiger partial charge in [-0.25, -0.2) is 0 Å². The van der Waals surface area contributed by atoms with E-state index in [0.29, 0.717) is 31.0 Å². The van der Waals surface area contributed by atoms with E-state index in [4.69, 9.17) is 14.2 Å². The molecule has 0 aliphatic carbocycles. The Balaban J connectivity index is 1.70. The number of hydrogen-bond donors (Lipinski definition) is 2. The summed E-state index contributed by atoms with van der Waals surface area (Å²) >= 11 is 0. The van der Waals surface area contributed by atoms with Crippen LogP contribution in [0.1, 0.15) is 17.5 Å². The summed E-state index contributed by atoms with van der Waals surface area (Å²) < 4.78 is 15.5. The fourth-order valence-electron chi connectivity index (χ4n) is 2.60. The largest absolute Gasteiger partial charge is 0.497 e. The molecular weight excluding hydrogens is 360 g/mol. The van der Waals surface area contributed by atoms with Crippen LogP contribution in [-0.4, -0.2) is 39.7 Å². The molecule has 2 aromatic carbocycles. The Labute approximate surface area is 165 Å². The number of rotatable bonds is 10. The van der Waals surface area contributed by atoms with Crippen LogP contribution in [0.2, 0.25) is 0 Å². The van der Waals surface area contributed by atoms with Crippen molar-refractivity contribution in [3.63, 3.8) is 0 Å². The zero-order valence-corrected chi connectivity index (χ0v) is 16.4. The lowest BCUT2D eigenvalue weighted by molar-refractivity contribution is -0.129. The molecule has 0 aromatic heterocycles. The molecule has 0 saturated heterocycles. The third-order valence-corrected chi connectivity index (χ3v) is 4.15. The van der Waals surface area contributed by atoms with E-state index in [1.165, 1.54) is 0 Å². The van der Waals surface area contributed by atoms with Gasteiger partial charge in [0.25, 0.3) is 0 Å². The third-order valence-electron chi connectivity index (χ3n) is 4.15. The standard InChI is InChI=1S/C21H26N2O5/c1-26-17-7-4-16(5-8-17)14-23-21(25)13-20(24)22-11-10-15-6-9-18(27-2)19(12-15)28-3/h4-9,12H,10-11,13-14H2,1-3H3,(H,22,24)(H,23,25). The molecule has 0 aliphatic heterocycles. The lowest BCUT2D eigenvalue weighted by Crippen LogP contribution is -2.32. The van der Waals surface area contributed by atoms with Crippen molar-refractivity contribution in [3.8, 4) is 17.2 Å². The molecule has 0 atom stereocenters. The van der Waals surface area contributed by atoms with Crippen molar-refractivity contribution < 1.29 is 23.8 Å². The minimum absolute atomic E-state index is 0.206. The van der Waals surface area contributed by atoms with E-state index < -0.39 is 0 Å². The molecule has 2 rings (SSSR count). The molecule has 0 aliphatic rings. The maximum atomic E-state index is 11.9. The molecule has 7 heteroatoms. The van der Waals surface area contributed by atoms with Gasteiger partial charge in [-0.05, 0) is 41.8 Å². The van der Waals surface area contributed by atoms with Crippen LogP contribution in [-0.2, 0) is 22.6 Å². The van der Waals surface area contributed by atoms with E-state index in [9.17, 15) is 9.59 Å².